The average molecular weight is 402 g/mol. The molecule has 0 bridgehead atoms. The quantitative estimate of drug-likeness (QED) is 0.530. The zero-order valence-electron chi connectivity index (χ0n) is 17.5. The first-order chi connectivity index (χ1) is 14.4. The smallest absolute Gasteiger partial charge is 0.251 e. The van der Waals surface area contributed by atoms with Crippen molar-refractivity contribution < 1.29 is 9.59 Å². The first-order valence-corrected chi connectivity index (χ1v) is 9.99. The number of hydrogen-bond donors (Lipinski definition) is 3. The number of aryl methyl sites for hydroxylation is 2. The lowest BCUT2D eigenvalue weighted by Crippen LogP contribution is -2.26. The van der Waals surface area contributed by atoms with Crippen molar-refractivity contribution >= 4 is 23.2 Å². The van der Waals surface area contributed by atoms with Crippen LogP contribution in [0.2, 0.25) is 0 Å². The van der Waals surface area contributed by atoms with Crippen LogP contribution in [0.3, 0.4) is 0 Å². The summed E-state index contributed by atoms with van der Waals surface area (Å²) in [5.41, 5.74) is 5.38. The van der Waals surface area contributed by atoms with Crippen molar-refractivity contribution in [2.45, 2.75) is 26.8 Å². The predicted octanol–water partition coefficient (Wildman–Crippen LogP) is 4.85. The van der Waals surface area contributed by atoms with Gasteiger partial charge in [-0.3, -0.25) is 9.59 Å². The molecule has 0 aliphatic heterocycles. The highest BCUT2D eigenvalue weighted by Crippen LogP contribution is 2.16. The minimum absolute atomic E-state index is 0.0981. The summed E-state index contributed by atoms with van der Waals surface area (Å²) < 4.78 is 0. The molecule has 0 fully saturated rings. The van der Waals surface area contributed by atoms with Gasteiger partial charge in [0.05, 0.1) is 12.6 Å². The number of nitrogens with one attached hydrogen (secondary N) is 3. The third-order valence-corrected chi connectivity index (χ3v) is 5.02. The van der Waals surface area contributed by atoms with Gasteiger partial charge in [0.15, 0.2) is 0 Å². The Bertz CT molecular complexity index is 1030. The normalized spacial score (nSPS) is 11.4. The van der Waals surface area contributed by atoms with Crippen LogP contribution in [-0.4, -0.2) is 18.4 Å². The van der Waals surface area contributed by atoms with Crippen LogP contribution in [0.4, 0.5) is 11.4 Å². The lowest BCUT2D eigenvalue weighted by atomic mass is 10.1. The molecule has 1 atom stereocenters. The van der Waals surface area contributed by atoms with Crippen LogP contribution in [0, 0.1) is 13.8 Å². The van der Waals surface area contributed by atoms with E-state index in [0.717, 1.165) is 16.8 Å². The third-order valence-electron chi connectivity index (χ3n) is 5.02. The molecule has 0 aliphatic carbocycles. The molecule has 0 aromatic heterocycles. The molecule has 154 valence electrons. The van der Waals surface area contributed by atoms with Crippen LogP contribution in [-0.2, 0) is 4.79 Å². The largest absolute Gasteiger partial charge is 0.376 e. The van der Waals surface area contributed by atoms with Crippen LogP contribution in [0.25, 0.3) is 0 Å². The van der Waals surface area contributed by atoms with Gasteiger partial charge < -0.3 is 16.0 Å². The second kappa shape index (κ2) is 9.74. The number of carbonyl (C=O) groups is 2. The van der Waals surface area contributed by atoms with Gasteiger partial charge in [0.1, 0.15) is 0 Å². The Labute approximate surface area is 177 Å². The van der Waals surface area contributed by atoms with Crippen LogP contribution < -0.4 is 16.0 Å². The molecule has 0 heterocycles. The molecule has 5 heteroatoms. The number of benzene rings is 3. The predicted molar refractivity (Wildman–Crippen MR) is 122 cm³/mol. The van der Waals surface area contributed by atoms with E-state index in [1.807, 2.05) is 75.4 Å². The van der Waals surface area contributed by atoms with Crippen molar-refractivity contribution in [2.24, 2.45) is 0 Å². The maximum atomic E-state index is 12.6. The Morgan fingerprint density at radius 3 is 2.33 bits per heavy atom. The van der Waals surface area contributed by atoms with Gasteiger partial charge in [-0.15, -0.1) is 0 Å². The van der Waals surface area contributed by atoms with Crippen LogP contribution in [0.5, 0.6) is 0 Å². The summed E-state index contributed by atoms with van der Waals surface area (Å²) in [6.07, 6.45) is 0. The zero-order valence-corrected chi connectivity index (χ0v) is 17.5. The van der Waals surface area contributed by atoms with E-state index in [2.05, 4.69) is 16.0 Å². The second-order valence-electron chi connectivity index (χ2n) is 7.39. The maximum absolute atomic E-state index is 12.6. The number of rotatable bonds is 7. The zero-order chi connectivity index (χ0) is 21.5. The second-order valence-corrected chi connectivity index (χ2v) is 7.39. The van der Waals surface area contributed by atoms with Crippen molar-refractivity contribution in [1.82, 2.24) is 5.32 Å². The molecule has 0 aliphatic rings. The summed E-state index contributed by atoms with van der Waals surface area (Å²) in [6, 6.07) is 22.7. The topological polar surface area (TPSA) is 70.2 Å². The lowest BCUT2D eigenvalue weighted by Gasteiger charge is -2.15. The minimum Gasteiger partial charge on any atom is -0.376 e. The Hall–Kier alpha value is -3.60. The van der Waals surface area contributed by atoms with E-state index in [4.69, 9.17) is 0 Å². The molecule has 30 heavy (non-hydrogen) atoms. The molecule has 3 aromatic carbocycles. The number of hydrogen-bond acceptors (Lipinski definition) is 3. The molecule has 0 saturated heterocycles. The fourth-order valence-corrected chi connectivity index (χ4v) is 3.08. The summed E-state index contributed by atoms with van der Waals surface area (Å²) in [6.45, 7) is 6.11. The molecule has 0 saturated carbocycles. The maximum Gasteiger partial charge on any atom is 0.251 e. The highest BCUT2D eigenvalue weighted by molar-refractivity contribution is 5.96. The van der Waals surface area contributed by atoms with E-state index < -0.39 is 0 Å². The van der Waals surface area contributed by atoms with Crippen molar-refractivity contribution in [3.63, 3.8) is 0 Å². The van der Waals surface area contributed by atoms with E-state index in [9.17, 15) is 9.59 Å². The van der Waals surface area contributed by atoms with Crippen molar-refractivity contribution in [1.29, 1.82) is 0 Å². The highest BCUT2D eigenvalue weighted by atomic mass is 16.2. The molecular weight excluding hydrogens is 374 g/mol. The van der Waals surface area contributed by atoms with Gasteiger partial charge in [-0.2, -0.15) is 0 Å². The van der Waals surface area contributed by atoms with Gasteiger partial charge >= 0.3 is 0 Å². The lowest BCUT2D eigenvalue weighted by molar-refractivity contribution is -0.114. The number of carbonyl (C=O) groups excluding carboxylic acids is 2. The summed E-state index contributed by atoms with van der Waals surface area (Å²) in [5, 5.41) is 8.96. The Kier molecular flexibility index (Phi) is 6.86. The molecule has 1 unspecified atom stereocenters. The average Bonchev–Trinajstić information content (AvgIpc) is 2.75. The summed E-state index contributed by atoms with van der Waals surface area (Å²) in [4.78, 5) is 24.9. The fraction of sp³-hybridized carbons (Fsp3) is 0.200. The third kappa shape index (κ3) is 5.70. The number of amides is 2. The van der Waals surface area contributed by atoms with Crippen LogP contribution in [0.1, 0.15) is 40.0 Å². The first-order valence-electron chi connectivity index (χ1n) is 9.99. The molecule has 0 radical (unpaired) electrons. The SMILES string of the molecule is Cc1ccc(NC(=O)CNc2cccc(C(=O)NC(C)c3ccccc3)c2)cc1C. The molecule has 0 spiro atoms. The van der Waals surface area contributed by atoms with Gasteiger partial charge in [0.25, 0.3) is 5.91 Å². The van der Waals surface area contributed by atoms with E-state index >= 15 is 0 Å². The molecule has 2 amide bonds. The number of anilines is 2. The van der Waals surface area contributed by atoms with E-state index in [0.29, 0.717) is 11.3 Å². The summed E-state index contributed by atoms with van der Waals surface area (Å²) in [7, 11) is 0. The standard InChI is InChI=1S/C25H27N3O2/c1-17-12-13-23(14-18(17)2)28-24(29)16-26-22-11-7-10-21(15-22)25(30)27-19(3)20-8-5-4-6-9-20/h4-15,19,26H,16H2,1-3H3,(H,27,30)(H,28,29). The van der Waals surface area contributed by atoms with Crippen molar-refractivity contribution in [3.05, 3.63) is 95.1 Å². The highest BCUT2D eigenvalue weighted by Gasteiger charge is 2.12. The van der Waals surface area contributed by atoms with Gasteiger partial charge in [-0.1, -0.05) is 42.5 Å². The van der Waals surface area contributed by atoms with Gasteiger partial charge in [-0.25, -0.2) is 0 Å². The van der Waals surface area contributed by atoms with Gasteiger partial charge in [0, 0.05) is 16.9 Å². The molecule has 3 rings (SSSR count). The summed E-state index contributed by atoms with van der Waals surface area (Å²) >= 11 is 0. The van der Waals surface area contributed by atoms with Crippen molar-refractivity contribution in [3.8, 4) is 0 Å². The Morgan fingerprint density at radius 1 is 0.833 bits per heavy atom. The molecule has 3 aromatic rings. The first kappa shape index (κ1) is 21.1. The monoisotopic (exact) mass is 401 g/mol. The van der Waals surface area contributed by atoms with E-state index in [1.54, 1.807) is 18.2 Å². The fourth-order valence-electron chi connectivity index (χ4n) is 3.08. The van der Waals surface area contributed by atoms with E-state index in [1.165, 1.54) is 5.56 Å². The van der Waals surface area contributed by atoms with Crippen molar-refractivity contribution in [2.75, 3.05) is 17.2 Å². The summed E-state index contributed by atoms with van der Waals surface area (Å²) in [5.74, 6) is -0.305. The van der Waals surface area contributed by atoms with Crippen LogP contribution >= 0.6 is 0 Å². The molecular formula is C25H27N3O2. The molecule has 5 nitrogen and oxygen atoms in total. The minimum atomic E-state index is -0.158. The van der Waals surface area contributed by atoms with Gasteiger partial charge in [0.2, 0.25) is 5.91 Å². The Balaban J connectivity index is 1.56. The van der Waals surface area contributed by atoms with Crippen LogP contribution in [0.15, 0.2) is 72.8 Å². The van der Waals surface area contributed by atoms with E-state index in [-0.39, 0.29) is 24.4 Å². The molecule has 3 N–H and O–H groups in total. The van der Waals surface area contributed by atoms with Gasteiger partial charge in [-0.05, 0) is 67.8 Å². The Morgan fingerprint density at radius 2 is 1.60 bits per heavy atom.